The molecule has 0 amide bonds. The van der Waals surface area contributed by atoms with E-state index in [-0.39, 0.29) is 12.5 Å². The second-order valence-corrected chi connectivity index (χ2v) is 4.68. The van der Waals surface area contributed by atoms with Crippen molar-refractivity contribution in [2.75, 3.05) is 13.2 Å². The standard InChI is InChI=1S/C13H17NO2S/c15-8-11(10-4-2-1-3-5-10)9-16-13(17)14-12-6-7-12/h1-5,11-12,15H,6-9H2,(H,14,17). The molecule has 4 heteroatoms. The molecule has 1 aromatic rings. The van der Waals surface area contributed by atoms with Crippen LogP contribution < -0.4 is 5.32 Å². The van der Waals surface area contributed by atoms with E-state index in [0.717, 1.165) is 5.56 Å². The summed E-state index contributed by atoms with van der Waals surface area (Å²) >= 11 is 5.07. The molecule has 2 N–H and O–H groups in total. The highest BCUT2D eigenvalue weighted by molar-refractivity contribution is 7.80. The second-order valence-electron chi connectivity index (χ2n) is 4.31. The van der Waals surface area contributed by atoms with Crippen LogP contribution in [0, 0.1) is 0 Å². The van der Waals surface area contributed by atoms with Crippen molar-refractivity contribution in [1.82, 2.24) is 5.32 Å². The third-order valence-corrected chi connectivity index (χ3v) is 3.04. The molecule has 0 bridgehead atoms. The summed E-state index contributed by atoms with van der Waals surface area (Å²) in [5, 5.41) is 12.9. The molecule has 0 aromatic heterocycles. The fraction of sp³-hybridized carbons (Fsp3) is 0.462. The second kappa shape index (κ2) is 5.98. The summed E-state index contributed by atoms with van der Waals surface area (Å²) in [5.41, 5.74) is 1.07. The molecule has 1 aliphatic rings. The Kier molecular flexibility index (Phi) is 4.34. The van der Waals surface area contributed by atoms with Crippen molar-refractivity contribution in [2.24, 2.45) is 0 Å². The van der Waals surface area contributed by atoms with Crippen LogP contribution in [0.2, 0.25) is 0 Å². The Labute approximate surface area is 107 Å². The van der Waals surface area contributed by atoms with Crippen LogP contribution in [-0.4, -0.2) is 29.5 Å². The lowest BCUT2D eigenvalue weighted by Crippen LogP contribution is -2.28. The number of hydrogen-bond donors (Lipinski definition) is 2. The molecule has 1 unspecified atom stereocenters. The third kappa shape index (κ3) is 3.98. The SMILES string of the molecule is OCC(COC(=S)NC1CC1)c1ccccc1. The number of thiocarbonyl (C=S) groups is 1. The summed E-state index contributed by atoms with van der Waals surface area (Å²) in [6, 6.07) is 10.4. The van der Waals surface area contributed by atoms with Gasteiger partial charge in [0.25, 0.3) is 5.17 Å². The minimum absolute atomic E-state index is 0.0184. The van der Waals surface area contributed by atoms with Crippen LogP contribution >= 0.6 is 12.2 Å². The zero-order valence-corrected chi connectivity index (χ0v) is 10.5. The van der Waals surface area contributed by atoms with E-state index in [1.165, 1.54) is 12.8 Å². The van der Waals surface area contributed by atoms with E-state index in [0.29, 0.717) is 17.8 Å². The molecule has 0 saturated heterocycles. The summed E-state index contributed by atoms with van der Waals surface area (Å²) in [6.07, 6.45) is 2.34. The number of aliphatic hydroxyl groups is 1. The summed E-state index contributed by atoms with van der Waals surface area (Å²) < 4.78 is 5.46. The maximum absolute atomic E-state index is 9.34. The average Bonchev–Trinajstić information content (AvgIpc) is 3.15. The topological polar surface area (TPSA) is 41.5 Å². The third-order valence-electron chi connectivity index (χ3n) is 2.81. The smallest absolute Gasteiger partial charge is 0.256 e. The maximum Gasteiger partial charge on any atom is 0.256 e. The highest BCUT2D eigenvalue weighted by Crippen LogP contribution is 2.19. The van der Waals surface area contributed by atoms with E-state index in [1.807, 2.05) is 30.3 Å². The van der Waals surface area contributed by atoms with E-state index in [1.54, 1.807) is 0 Å². The van der Waals surface area contributed by atoms with Crippen LogP contribution in [0.4, 0.5) is 0 Å². The number of nitrogens with one attached hydrogen (secondary N) is 1. The maximum atomic E-state index is 9.34. The van der Waals surface area contributed by atoms with Gasteiger partial charge in [-0.2, -0.15) is 0 Å². The normalized spacial score (nSPS) is 16.3. The molecule has 1 saturated carbocycles. The van der Waals surface area contributed by atoms with Gasteiger partial charge in [0, 0.05) is 12.0 Å². The highest BCUT2D eigenvalue weighted by Gasteiger charge is 2.22. The Morgan fingerprint density at radius 1 is 1.41 bits per heavy atom. The first-order valence-corrected chi connectivity index (χ1v) is 6.29. The van der Waals surface area contributed by atoms with E-state index in [4.69, 9.17) is 17.0 Å². The number of hydrogen-bond acceptors (Lipinski definition) is 3. The van der Waals surface area contributed by atoms with Gasteiger partial charge in [0.15, 0.2) is 0 Å². The van der Waals surface area contributed by atoms with Crippen molar-refractivity contribution in [3.8, 4) is 0 Å². The summed E-state index contributed by atoms with van der Waals surface area (Å²) in [6.45, 7) is 0.481. The van der Waals surface area contributed by atoms with Crippen LogP contribution in [0.3, 0.4) is 0 Å². The summed E-state index contributed by atoms with van der Waals surface area (Å²) in [4.78, 5) is 0. The fourth-order valence-electron chi connectivity index (χ4n) is 1.59. The van der Waals surface area contributed by atoms with Crippen molar-refractivity contribution in [2.45, 2.75) is 24.8 Å². The zero-order valence-electron chi connectivity index (χ0n) is 9.63. The first-order valence-electron chi connectivity index (χ1n) is 5.88. The van der Waals surface area contributed by atoms with Gasteiger partial charge in [0.1, 0.15) is 0 Å². The minimum Gasteiger partial charge on any atom is -0.470 e. The Morgan fingerprint density at radius 2 is 2.12 bits per heavy atom. The quantitative estimate of drug-likeness (QED) is 0.783. The molecule has 1 fully saturated rings. The van der Waals surface area contributed by atoms with E-state index in [9.17, 15) is 5.11 Å². The van der Waals surface area contributed by atoms with Gasteiger partial charge in [-0.25, -0.2) is 0 Å². The molecule has 0 aliphatic heterocycles. The van der Waals surface area contributed by atoms with E-state index in [2.05, 4.69) is 5.32 Å². The lowest BCUT2D eigenvalue weighted by atomic mass is 10.0. The summed E-state index contributed by atoms with van der Waals surface area (Å²) in [7, 11) is 0. The molecule has 0 radical (unpaired) electrons. The Morgan fingerprint density at radius 3 is 2.71 bits per heavy atom. The fourth-order valence-corrected chi connectivity index (χ4v) is 1.83. The molecule has 1 aromatic carbocycles. The van der Waals surface area contributed by atoms with Crippen LogP contribution in [0.25, 0.3) is 0 Å². The van der Waals surface area contributed by atoms with E-state index >= 15 is 0 Å². The van der Waals surface area contributed by atoms with Crippen LogP contribution in [0.1, 0.15) is 24.3 Å². The van der Waals surface area contributed by atoms with Gasteiger partial charge < -0.3 is 15.2 Å². The van der Waals surface area contributed by atoms with Crippen molar-refractivity contribution >= 4 is 17.4 Å². The lowest BCUT2D eigenvalue weighted by Gasteiger charge is -2.16. The van der Waals surface area contributed by atoms with Gasteiger partial charge in [-0.15, -0.1) is 0 Å². The largest absolute Gasteiger partial charge is 0.470 e. The predicted molar refractivity (Wildman–Crippen MR) is 71.0 cm³/mol. The minimum atomic E-state index is -0.0184. The Balaban J connectivity index is 1.80. The Hall–Kier alpha value is -1.13. The van der Waals surface area contributed by atoms with Gasteiger partial charge in [0.05, 0.1) is 13.2 Å². The van der Waals surface area contributed by atoms with Gasteiger partial charge >= 0.3 is 0 Å². The van der Waals surface area contributed by atoms with Crippen molar-refractivity contribution in [1.29, 1.82) is 0 Å². The van der Waals surface area contributed by atoms with Crippen LogP contribution in [-0.2, 0) is 4.74 Å². The Bertz CT molecular complexity index is 365. The average molecular weight is 251 g/mol. The van der Waals surface area contributed by atoms with Crippen molar-refractivity contribution in [3.05, 3.63) is 35.9 Å². The van der Waals surface area contributed by atoms with Gasteiger partial charge in [-0.1, -0.05) is 30.3 Å². The van der Waals surface area contributed by atoms with Crippen molar-refractivity contribution in [3.63, 3.8) is 0 Å². The monoisotopic (exact) mass is 251 g/mol. The van der Waals surface area contributed by atoms with Gasteiger partial charge in [-0.3, -0.25) is 0 Å². The molecular formula is C13H17NO2S. The molecule has 1 aliphatic carbocycles. The molecule has 2 rings (SSSR count). The molecule has 92 valence electrons. The number of aliphatic hydroxyl groups excluding tert-OH is 1. The van der Waals surface area contributed by atoms with Gasteiger partial charge in [-0.05, 0) is 30.6 Å². The van der Waals surface area contributed by atoms with E-state index < -0.39 is 0 Å². The number of rotatable bonds is 5. The van der Waals surface area contributed by atoms with Crippen LogP contribution in [0.5, 0.6) is 0 Å². The zero-order chi connectivity index (χ0) is 12.1. The number of benzene rings is 1. The predicted octanol–water partition coefficient (Wildman–Crippen LogP) is 1.82. The first kappa shape index (κ1) is 12.3. The summed E-state index contributed by atoms with van der Waals surface area (Å²) in [5.74, 6) is -0.0184. The lowest BCUT2D eigenvalue weighted by molar-refractivity contribution is 0.197. The van der Waals surface area contributed by atoms with Crippen LogP contribution in [0.15, 0.2) is 30.3 Å². The van der Waals surface area contributed by atoms with Crippen molar-refractivity contribution < 1.29 is 9.84 Å². The molecule has 0 heterocycles. The number of ether oxygens (including phenoxy) is 1. The molecule has 17 heavy (non-hydrogen) atoms. The molecule has 1 atom stereocenters. The van der Waals surface area contributed by atoms with Gasteiger partial charge in [0.2, 0.25) is 0 Å². The molecular weight excluding hydrogens is 234 g/mol. The first-order chi connectivity index (χ1) is 8.29. The molecule has 0 spiro atoms. The highest BCUT2D eigenvalue weighted by atomic mass is 32.1. The molecule has 3 nitrogen and oxygen atoms in total.